The SMILES string of the molecule is CNCCN(C)Cc1sc(-c2ccc(OC(F)(F)F)cc2)nc1-c1cccc(OC)c1.Cl. The molecule has 10 heteroatoms. The van der Waals surface area contributed by atoms with Crippen molar-refractivity contribution in [3.63, 3.8) is 0 Å². The fraction of sp³-hybridized carbons (Fsp3) is 0.318. The molecular formula is C22H25ClF3N3O2S. The van der Waals surface area contributed by atoms with Gasteiger partial charge in [0.25, 0.3) is 0 Å². The highest BCUT2D eigenvalue weighted by molar-refractivity contribution is 7.15. The number of thiazole rings is 1. The van der Waals surface area contributed by atoms with Gasteiger partial charge in [-0.15, -0.1) is 36.9 Å². The molecule has 5 nitrogen and oxygen atoms in total. The smallest absolute Gasteiger partial charge is 0.497 e. The number of nitrogens with zero attached hydrogens (tertiary/aromatic N) is 2. The molecule has 32 heavy (non-hydrogen) atoms. The zero-order valence-corrected chi connectivity index (χ0v) is 19.5. The van der Waals surface area contributed by atoms with E-state index in [4.69, 9.17) is 9.72 Å². The van der Waals surface area contributed by atoms with Crippen molar-refractivity contribution in [2.24, 2.45) is 0 Å². The van der Waals surface area contributed by atoms with Crippen LogP contribution in [0.2, 0.25) is 0 Å². The zero-order chi connectivity index (χ0) is 22.4. The Hall–Kier alpha value is -2.33. The maximum Gasteiger partial charge on any atom is 0.573 e. The molecule has 0 unspecified atom stereocenters. The van der Waals surface area contributed by atoms with Gasteiger partial charge in [0, 0.05) is 35.6 Å². The number of methoxy groups -OCH3 is 1. The molecule has 0 fully saturated rings. The second-order valence-corrected chi connectivity index (χ2v) is 8.02. The molecule has 0 bridgehead atoms. The van der Waals surface area contributed by atoms with E-state index >= 15 is 0 Å². The Kier molecular flexibility index (Phi) is 9.33. The minimum absolute atomic E-state index is 0. The van der Waals surface area contributed by atoms with Crippen molar-refractivity contribution in [1.29, 1.82) is 0 Å². The summed E-state index contributed by atoms with van der Waals surface area (Å²) in [5, 5.41) is 3.87. The molecule has 0 spiro atoms. The van der Waals surface area contributed by atoms with E-state index in [-0.39, 0.29) is 18.2 Å². The van der Waals surface area contributed by atoms with Crippen molar-refractivity contribution >= 4 is 23.7 Å². The Morgan fingerprint density at radius 1 is 1.06 bits per heavy atom. The fourth-order valence-corrected chi connectivity index (χ4v) is 4.17. The van der Waals surface area contributed by atoms with Gasteiger partial charge in [-0.3, -0.25) is 4.90 Å². The van der Waals surface area contributed by atoms with Gasteiger partial charge in [0.1, 0.15) is 16.5 Å². The highest BCUT2D eigenvalue weighted by Gasteiger charge is 2.31. The molecule has 0 radical (unpaired) electrons. The predicted octanol–water partition coefficient (Wildman–Crippen LogP) is 5.46. The molecule has 0 amide bonds. The number of rotatable bonds is 9. The molecule has 1 heterocycles. The first-order chi connectivity index (χ1) is 14.8. The van der Waals surface area contributed by atoms with E-state index in [2.05, 4.69) is 15.0 Å². The van der Waals surface area contributed by atoms with Gasteiger partial charge in [0.05, 0.1) is 12.8 Å². The molecule has 3 aromatic rings. The minimum Gasteiger partial charge on any atom is -0.497 e. The second-order valence-electron chi connectivity index (χ2n) is 6.94. The van der Waals surface area contributed by atoms with Crippen LogP contribution >= 0.6 is 23.7 Å². The summed E-state index contributed by atoms with van der Waals surface area (Å²) in [6.45, 7) is 2.42. The highest BCUT2D eigenvalue weighted by Crippen LogP contribution is 2.36. The predicted molar refractivity (Wildman–Crippen MR) is 124 cm³/mol. The molecule has 0 aliphatic rings. The van der Waals surface area contributed by atoms with Crippen molar-refractivity contribution in [1.82, 2.24) is 15.2 Å². The quantitative estimate of drug-likeness (QED) is 0.434. The van der Waals surface area contributed by atoms with Gasteiger partial charge >= 0.3 is 6.36 Å². The average molecular weight is 488 g/mol. The number of benzene rings is 2. The largest absolute Gasteiger partial charge is 0.573 e. The van der Waals surface area contributed by atoms with Gasteiger partial charge in [0.15, 0.2) is 0 Å². The van der Waals surface area contributed by atoms with Crippen molar-refractivity contribution in [3.05, 3.63) is 53.4 Å². The van der Waals surface area contributed by atoms with Crippen LogP contribution in [0.1, 0.15) is 4.88 Å². The molecule has 3 rings (SSSR count). The first kappa shape index (κ1) is 25.9. The Bertz CT molecular complexity index is 997. The summed E-state index contributed by atoms with van der Waals surface area (Å²) in [4.78, 5) is 8.08. The monoisotopic (exact) mass is 487 g/mol. The number of likely N-dealkylation sites (N-methyl/N-ethyl adjacent to an activating group) is 2. The molecular weight excluding hydrogens is 463 g/mol. The topological polar surface area (TPSA) is 46.6 Å². The maximum absolute atomic E-state index is 12.4. The summed E-state index contributed by atoms with van der Waals surface area (Å²) in [6, 6.07) is 13.4. The molecule has 1 N–H and O–H groups in total. The number of hydrogen-bond donors (Lipinski definition) is 1. The fourth-order valence-electron chi connectivity index (χ4n) is 3.00. The van der Waals surface area contributed by atoms with Crippen molar-refractivity contribution < 1.29 is 22.6 Å². The summed E-state index contributed by atoms with van der Waals surface area (Å²) >= 11 is 1.52. The first-order valence-corrected chi connectivity index (χ1v) is 10.4. The van der Waals surface area contributed by atoms with E-state index < -0.39 is 6.36 Å². The van der Waals surface area contributed by atoms with E-state index in [1.54, 1.807) is 19.2 Å². The van der Waals surface area contributed by atoms with Gasteiger partial charge in [-0.2, -0.15) is 0 Å². The number of aromatic nitrogens is 1. The van der Waals surface area contributed by atoms with Gasteiger partial charge in [0.2, 0.25) is 0 Å². The summed E-state index contributed by atoms with van der Waals surface area (Å²) in [6.07, 6.45) is -4.71. The van der Waals surface area contributed by atoms with Crippen LogP contribution in [0.15, 0.2) is 48.5 Å². The Labute approximate surface area is 195 Å². The number of hydrogen-bond acceptors (Lipinski definition) is 6. The third-order valence-corrected chi connectivity index (χ3v) is 5.62. The molecule has 0 saturated carbocycles. The first-order valence-electron chi connectivity index (χ1n) is 9.62. The van der Waals surface area contributed by atoms with Crippen molar-refractivity contribution in [3.8, 4) is 33.3 Å². The molecule has 0 atom stereocenters. The standard InChI is InChI=1S/C22H24F3N3O2S.ClH/c1-26-11-12-28(2)14-19-20(16-5-4-6-18(13-16)29-3)27-21(31-19)15-7-9-17(10-8-15)30-22(23,24)25;/h4-10,13,26H,11-12,14H2,1-3H3;1H. The Balaban J connectivity index is 0.00000363. The number of nitrogens with one attached hydrogen (secondary N) is 1. The van der Waals surface area contributed by atoms with Gasteiger partial charge in [-0.25, -0.2) is 4.98 Å². The lowest BCUT2D eigenvalue weighted by Gasteiger charge is -2.16. The van der Waals surface area contributed by atoms with Crippen LogP contribution in [0.5, 0.6) is 11.5 Å². The highest BCUT2D eigenvalue weighted by atomic mass is 35.5. The minimum atomic E-state index is -4.71. The molecule has 0 aliphatic carbocycles. The van der Waals surface area contributed by atoms with Crippen LogP contribution in [0, 0.1) is 0 Å². The van der Waals surface area contributed by atoms with Crippen LogP contribution in [-0.2, 0) is 6.54 Å². The lowest BCUT2D eigenvalue weighted by atomic mass is 10.1. The Morgan fingerprint density at radius 3 is 2.41 bits per heavy atom. The summed E-state index contributed by atoms with van der Waals surface area (Å²) < 4.78 is 46.6. The van der Waals surface area contributed by atoms with Gasteiger partial charge in [-0.1, -0.05) is 12.1 Å². The third-order valence-electron chi connectivity index (χ3n) is 4.53. The number of ether oxygens (including phenoxy) is 2. The number of halogens is 4. The van der Waals surface area contributed by atoms with Crippen LogP contribution in [0.25, 0.3) is 21.8 Å². The van der Waals surface area contributed by atoms with E-state index in [1.807, 2.05) is 38.4 Å². The van der Waals surface area contributed by atoms with Gasteiger partial charge < -0.3 is 14.8 Å². The summed E-state index contributed by atoms with van der Waals surface area (Å²) in [5.41, 5.74) is 2.49. The van der Waals surface area contributed by atoms with Crippen molar-refractivity contribution in [2.75, 3.05) is 34.3 Å². The maximum atomic E-state index is 12.4. The Morgan fingerprint density at radius 2 is 1.78 bits per heavy atom. The van der Waals surface area contributed by atoms with Crippen molar-refractivity contribution in [2.45, 2.75) is 12.9 Å². The average Bonchev–Trinajstić information content (AvgIpc) is 3.15. The number of alkyl halides is 3. The lowest BCUT2D eigenvalue weighted by Crippen LogP contribution is -2.26. The third kappa shape index (κ3) is 7.09. The van der Waals surface area contributed by atoms with E-state index in [0.29, 0.717) is 6.54 Å². The normalized spacial score (nSPS) is 11.3. The van der Waals surface area contributed by atoms with Crippen LogP contribution in [0.4, 0.5) is 13.2 Å². The molecule has 174 valence electrons. The molecule has 0 saturated heterocycles. The summed E-state index contributed by atoms with van der Waals surface area (Å²) in [7, 11) is 5.56. The molecule has 1 aromatic heterocycles. The van der Waals surface area contributed by atoms with Gasteiger partial charge in [-0.05, 0) is 50.5 Å². The lowest BCUT2D eigenvalue weighted by molar-refractivity contribution is -0.274. The van der Waals surface area contributed by atoms with E-state index in [1.165, 1.54) is 23.5 Å². The zero-order valence-electron chi connectivity index (χ0n) is 17.9. The van der Waals surface area contributed by atoms with Crippen LogP contribution in [-0.4, -0.2) is 50.5 Å². The van der Waals surface area contributed by atoms with Crippen LogP contribution < -0.4 is 14.8 Å². The molecule has 0 aliphatic heterocycles. The van der Waals surface area contributed by atoms with E-state index in [0.717, 1.165) is 45.5 Å². The second kappa shape index (κ2) is 11.5. The molecule has 2 aromatic carbocycles. The van der Waals surface area contributed by atoms with E-state index in [9.17, 15) is 13.2 Å². The summed E-state index contributed by atoms with van der Waals surface area (Å²) in [5.74, 6) is 0.475. The van der Waals surface area contributed by atoms with Crippen LogP contribution in [0.3, 0.4) is 0 Å².